The van der Waals surface area contributed by atoms with Gasteiger partial charge in [0.05, 0.1) is 5.52 Å². The third-order valence-corrected chi connectivity index (χ3v) is 2.50. The summed E-state index contributed by atoms with van der Waals surface area (Å²) in [5, 5.41) is 7.92. The van der Waals surface area contributed by atoms with Gasteiger partial charge in [-0.05, 0) is 24.1 Å². The van der Waals surface area contributed by atoms with Crippen LogP contribution in [0.2, 0.25) is 0 Å². The summed E-state index contributed by atoms with van der Waals surface area (Å²) in [5.74, 6) is 0.476. The van der Waals surface area contributed by atoms with E-state index >= 15 is 0 Å². The number of carbonyl (C=O) groups excluding carboxylic acids is 1. The van der Waals surface area contributed by atoms with Gasteiger partial charge in [0.15, 0.2) is 0 Å². The Balaban J connectivity index is 2.11. The number of urea groups is 1. The first-order chi connectivity index (χ1) is 7.27. The number of para-hydroxylation sites is 1. The molecule has 1 aromatic heterocycles. The van der Waals surface area contributed by atoms with Crippen molar-refractivity contribution >= 4 is 29.0 Å². The van der Waals surface area contributed by atoms with Crippen molar-refractivity contribution in [2.24, 2.45) is 5.73 Å². The van der Waals surface area contributed by atoms with E-state index in [0.717, 1.165) is 11.0 Å². The summed E-state index contributed by atoms with van der Waals surface area (Å²) in [6.07, 6.45) is 0. The third kappa shape index (κ3) is 2.18. The average molecular weight is 223 g/mol. The number of benzene rings is 1. The van der Waals surface area contributed by atoms with Crippen molar-refractivity contribution in [2.45, 2.75) is 5.88 Å². The lowest BCUT2D eigenvalue weighted by Gasteiger charge is -2.01. The van der Waals surface area contributed by atoms with E-state index in [2.05, 4.69) is 15.0 Å². The van der Waals surface area contributed by atoms with Crippen LogP contribution in [-0.2, 0) is 5.88 Å². The van der Waals surface area contributed by atoms with E-state index in [9.17, 15) is 4.79 Å². The van der Waals surface area contributed by atoms with Gasteiger partial charge < -0.3 is 5.73 Å². The van der Waals surface area contributed by atoms with Gasteiger partial charge in [-0.15, -0.1) is 5.10 Å². The predicted molar refractivity (Wildman–Crippen MR) is 57.8 cm³/mol. The van der Waals surface area contributed by atoms with Crippen molar-refractivity contribution in [1.82, 2.24) is 19.7 Å². The second-order valence-electron chi connectivity index (χ2n) is 2.82. The van der Waals surface area contributed by atoms with Crippen LogP contribution in [-0.4, -0.2) is 21.0 Å². The molecule has 0 aliphatic rings. The third-order valence-electron chi connectivity index (χ3n) is 1.78. The highest BCUT2D eigenvalue weighted by molar-refractivity contribution is 7.96. The maximum absolute atomic E-state index is 10.4. The topological polar surface area (TPSA) is 85.8 Å². The molecule has 3 N–H and O–H groups in total. The number of rotatable bonds is 3. The number of nitrogens with two attached hydrogens (primary N) is 1. The van der Waals surface area contributed by atoms with Crippen LogP contribution < -0.4 is 10.5 Å². The van der Waals surface area contributed by atoms with E-state index in [1.165, 1.54) is 11.9 Å². The quantitative estimate of drug-likeness (QED) is 0.750. The van der Waals surface area contributed by atoms with E-state index in [1.54, 1.807) is 4.68 Å². The molecule has 0 bridgehead atoms. The Labute approximate surface area is 89.9 Å². The Kier molecular flexibility index (Phi) is 2.72. The maximum atomic E-state index is 10.4. The molecule has 0 unspecified atom stereocenters. The highest BCUT2D eigenvalue weighted by Crippen LogP contribution is 2.11. The largest absolute Gasteiger partial charge is 0.351 e. The lowest BCUT2D eigenvalue weighted by molar-refractivity contribution is 0.254. The fraction of sp³-hybridized carbons (Fsp3) is 0.125. The van der Waals surface area contributed by atoms with Gasteiger partial charge >= 0.3 is 6.03 Å². The Morgan fingerprint density at radius 3 is 3.13 bits per heavy atom. The number of nitrogens with zero attached hydrogens (tertiary/aromatic N) is 3. The van der Waals surface area contributed by atoms with Crippen molar-refractivity contribution in [2.75, 3.05) is 0 Å². The van der Waals surface area contributed by atoms with Gasteiger partial charge in [0, 0.05) is 0 Å². The number of carbonyl (C=O) groups is 1. The minimum Gasteiger partial charge on any atom is -0.351 e. The van der Waals surface area contributed by atoms with Gasteiger partial charge in [0.25, 0.3) is 0 Å². The smallest absolute Gasteiger partial charge is 0.322 e. The van der Waals surface area contributed by atoms with E-state index in [1.807, 2.05) is 24.3 Å². The fourth-order valence-electron chi connectivity index (χ4n) is 1.18. The lowest BCUT2D eigenvalue weighted by Crippen LogP contribution is -2.23. The second-order valence-corrected chi connectivity index (χ2v) is 3.57. The standard InChI is InChI=1S/C8H9N5OS/c9-8(14)11-15-5-13-7-4-2-1-3-6(7)10-12-13/h1-4H,5H2,(H3,9,11,14). The molecule has 7 heteroatoms. The fourth-order valence-corrected chi connectivity index (χ4v) is 1.70. The van der Waals surface area contributed by atoms with Gasteiger partial charge in [0.2, 0.25) is 0 Å². The molecule has 0 saturated carbocycles. The molecule has 15 heavy (non-hydrogen) atoms. The number of nitrogens with one attached hydrogen (secondary N) is 1. The summed E-state index contributed by atoms with van der Waals surface area (Å²) in [7, 11) is 0. The van der Waals surface area contributed by atoms with Crippen LogP contribution in [0.15, 0.2) is 24.3 Å². The first-order valence-corrected chi connectivity index (χ1v) is 5.21. The van der Waals surface area contributed by atoms with Crippen molar-refractivity contribution in [1.29, 1.82) is 0 Å². The molecular weight excluding hydrogens is 214 g/mol. The van der Waals surface area contributed by atoms with E-state index in [-0.39, 0.29) is 0 Å². The highest BCUT2D eigenvalue weighted by Gasteiger charge is 2.02. The first-order valence-electron chi connectivity index (χ1n) is 4.23. The molecule has 0 aliphatic carbocycles. The molecule has 1 aromatic carbocycles. The summed E-state index contributed by atoms with van der Waals surface area (Å²) >= 11 is 1.17. The van der Waals surface area contributed by atoms with Crippen LogP contribution in [0.25, 0.3) is 11.0 Å². The number of hydrogen-bond donors (Lipinski definition) is 2. The van der Waals surface area contributed by atoms with Crippen LogP contribution >= 0.6 is 11.9 Å². The minimum absolute atomic E-state index is 0.476. The number of hydrogen-bond acceptors (Lipinski definition) is 4. The van der Waals surface area contributed by atoms with Gasteiger partial charge in [-0.1, -0.05) is 17.3 Å². The zero-order chi connectivity index (χ0) is 10.7. The summed E-state index contributed by atoms with van der Waals surface area (Å²) in [6.45, 7) is 0. The van der Waals surface area contributed by atoms with Gasteiger partial charge in [-0.2, -0.15) is 0 Å². The lowest BCUT2D eigenvalue weighted by atomic mass is 10.3. The molecule has 0 fully saturated rings. The Bertz CT molecular complexity index is 483. The van der Waals surface area contributed by atoms with Crippen LogP contribution in [0, 0.1) is 0 Å². The summed E-state index contributed by atoms with van der Waals surface area (Å²) in [6, 6.07) is 7.04. The molecular formula is C8H9N5OS. The van der Waals surface area contributed by atoms with Crippen molar-refractivity contribution in [3.63, 3.8) is 0 Å². The molecule has 0 atom stereocenters. The summed E-state index contributed by atoms with van der Waals surface area (Å²) < 4.78 is 4.11. The molecule has 2 amide bonds. The molecule has 2 aromatic rings. The number of aromatic nitrogens is 3. The van der Waals surface area contributed by atoms with Crippen LogP contribution in [0.4, 0.5) is 4.79 Å². The van der Waals surface area contributed by atoms with Crippen LogP contribution in [0.5, 0.6) is 0 Å². The Morgan fingerprint density at radius 2 is 2.33 bits per heavy atom. The number of primary amides is 1. The van der Waals surface area contributed by atoms with E-state index < -0.39 is 6.03 Å². The molecule has 0 spiro atoms. The van der Waals surface area contributed by atoms with Crippen molar-refractivity contribution in [3.8, 4) is 0 Å². The zero-order valence-electron chi connectivity index (χ0n) is 7.75. The number of amides is 2. The predicted octanol–water partition coefficient (Wildman–Crippen LogP) is 0.705. The van der Waals surface area contributed by atoms with E-state index in [0.29, 0.717) is 5.88 Å². The van der Waals surface area contributed by atoms with Gasteiger partial charge in [-0.3, -0.25) is 4.72 Å². The molecule has 2 rings (SSSR count). The highest BCUT2D eigenvalue weighted by atomic mass is 32.2. The molecule has 0 radical (unpaired) electrons. The van der Waals surface area contributed by atoms with Crippen molar-refractivity contribution in [3.05, 3.63) is 24.3 Å². The van der Waals surface area contributed by atoms with Gasteiger partial charge in [-0.25, -0.2) is 9.48 Å². The molecule has 1 heterocycles. The summed E-state index contributed by atoms with van der Waals surface area (Å²) in [5.41, 5.74) is 6.69. The Hall–Kier alpha value is -1.76. The SMILES string of the molecule is NC(=O)NSCn1nnc2ccccc21. The monoisotopic (exact) mass is 223 g/mol. The molecule has 0 aliphatic heterocycles. The minimum atomic E-state index is -0.565. The zero-order valence-corrected chi connectivity index (χ0v) is 8.57. The van der Waals surface area contributed by atoms with Crippen LogP contribution in [0.3, 0.4) is 0 Å². The first kappa shape index (κ1) is 9.78. The summed E-state index contributed by atoms with van der Waals surface area (Å²) in [4.78, 5) is 10.4. The average Bonchev–Trinajstić information content (AvgIpc) is 2.62. The maximum Gasteiger partial charge on any atom is 0.322 e. The van der Waals surface area contributed by atoms with Crippen LogP contribution in [0.1, 0.15) is 0 Å². The molecule has 0 saturated heterocycles. The number of fused-ring (bicyclic) bond motifs is 1. The molecule has 78 valence electrons. The van der Waals surface area contributed by atoms with Gasteiger partial charge in [0.1, 0.15) is 11.4 Å². The normalized spacial score (nSPS) is 10.4. The molecule has 6 nitrogen and oxygen atoms in total. The second kappa shape index (κ2) is 4.18. The Morgan fingerprint density at radius 1 is 1.53 bits per heavy atom. The van der Waals surface area contributed by atoms with E-state index in [4.69, 9.17) is 5.73 Å². The van der Waals surface area contributed by atoms with Crippen molar-refractivity contribution < 1.29 is 4.79 Å².